The van der Waals surface area contributed by atoms with E-state index in [1.807, 2.05) is 25.1 Å². The zero-order valence-corrected chi connectivity index (χ0v) is 10.7. The van der Waals surface area contributed by atoms with Crippen molar-refractivity contribution in [2.75, 3.05) is 0 Å². The van der Waals surface area contributed by atoms with E-state index in [0.717, 1.165) is 28.7 Å². The van der Waals surface area contributed by atoms with Crippen molar-refractivity contribution in [3.8, 4) is 0 Å². The Balaban J connectivity index is 2.75. The molecule has 2 aromatic rings. The third-order valence-electron chi connectivity index (χ3n) is 3.08. The second-order valence-corrected chi connectivity index (χ2v) is 4.55. The number of aryl methyl sites for hydroxylation is 1. The van der Waals surface area contributed by atoms with Crippen molar-refractivity contribution in [2.24, 2.45) is 5.73 Å². The molecule has 0 aliphatic heterocycles. The highest BCUT2D eigenvalue weighted by atomic mass is 35.5. The third-order valence-corrected chi connectivity index (χ3v) is 3.32. The lowest BCUT2D eigenvalue weighted by molar-refractivity contribution is -0.117. The Kier molecular flexibility index (Phi) is 3.11. The molecule has 0 saturated carbocycles. The molecule has 4 heteroatoms. The SMILES string of the molecule is CCn1c(C)c(CC(N)=O)c2cc(Cl)ccc21. The van der Waals surface area contributed by atoms with Crippen LogP contribution in [0.1, 0.15) is 18.2 Å². The summed E-state index contributed by atoms with van der Waals surface area (Å²) >= 11 is 6.01. The molecule has 0 aliphatic carbocycles. The number of hydrogen-bond acceptors (Lipinski definition) is 1. The largest absolute Gasteiger partial charge is 0.369 e. The number of aromatic nitrogens is 1. The normalized spacial score (nSPS) is 11.0. The molecule has 0 spiro atoms. The van der Waals surface area contributed by atoms with Gasteiger partial charge in [-0.3, -0.25) is 4.79 Å². The maximum absolute atomic E-state index is 11.1. The smallest absolute Gasteiger partial charge is 0.221 e. The Labute approximate surface area is 105 Å². The third kappa shape index (κ3) is 2.03. The van der Waals surface area contributed by atoms with E-state index in [1.165, 1.54) is 0 Å². The van der Waals surface area contributed by atoms with Crippen molar-refractivity contribution in [1.82, 2.24) is 4.57 Å². The van der Waals surface area contributed by atoms with Crippen molar-refractivity contribution >= 4 is 28.4 Å². The number of carbonyl (C=O) groups excluding carboxylic acids is 1. The number of amides is 1. The van der Waals surface area contributed by atoms with Crippen molar-refractivity contribution in [3.63, 3.8) is 0 Å². The fraction of sp³-hybridized carbons (Fsp3) is 0.308. The summed E-state index contributed by atoms with van der Waals surface area (Å²) in [5.41, 5.74) is 8.46. The van der Waals surface area contributed by atoms with Gasteiger partial charge < -0.3 is 10.3 Å². The Morgan fingerprint density at radius 2 is 2.18 bits per heavy atom. The fourth-order valence-electron chi connectivity index (χ4n) is 2.33. The van der Waals surface area contributed by atoms with E-state index in [4.69, 9.17) is 17.3 Å². The lowest BCUT2D eigenvalue weighted by Crippen LogP contribution is -2.14. The van der Waals surface area contributed by atoms with Gasteiger partial charge in [-0.1, -0.05) is 11.6 Å². The van der Waals surface area contributed by atoms with Crippen LogP contribution in [0.15, 0.2) is 18.2 Å². The Bertz CT molecular complexity index is 587. The quantitative estimate of drug-likeness (QED) is 0.895. The van der Waals surface area contributed by atoms with Gasteiger partial charge in [0.25, 0.3) is 0 Å². The van der Waals surface area contributed by atoms with Crippen LogP contribution in [0.2, 0.25) is 5.02 Å². The number of rotatable bonds is 3. The van der Waals surface area contributed by atoms with E-state index < -0.39 is 0 Å². The second kappa shape index (κ2) is 4.41. The first-order chi connectivity index (χ1) is 8.04. The average Bonchev–Trinajstić information content (AvgIpc) is 2.51. The molecule has 90 valence electrons. The highest BCUT2D eigenvalue weighted by molar-refractivity contribution is 6.31. The monoisotopic (exact) mass is 250 g/mol. The minimum absolute atomic E-state index is 0.260. The molecule has 0 bridgehead atoms. The van der Waals surface area contributed by atoms with E-state index in [2.05, 4.69) is 11.5 Å². The first-order valence-electron chi connectivity index (χ1n) is 5.60. The molecule has 0 atom stereocenters. The van der Waals surface area contributed by atoms with E-state index in [0.29, 0.717) is 5.02 Å². The summed E-state index contributed by atoms with van der Waals surface area (Å²) in [7, 11) is 0. The molecular formula is C13H15ClN2O. The van der Waals surface area contributed by atoms with Crippen LogP contribution in [-0.2, 0) is 17.8 Å². The Morgan fingerprint density at radius 1 is 1.47 bits per heavy atom. The predicted octanol–water partition coefficient (Wildman–Crippen LogP) is 2.65. The van der Waals surface area contributed by atoms with Crippen LogP contribution in [0.25, 0.3) is 10.9 Å². The van der Waals surface area contributed by atoms with E-state index in [9.17, 15) is 4.79 Å². The van der Waals surface area contributed by atoms with Crippen molar-refractivity contribution in [3.05, 3.63) is 34.5 Å². The lowest BCUT2D eigenvalue weighted by atomic mass is 10.1. The van der Waals surface area contributed by atoms with E-state index >= 15 is 0 Å². The number of halogens is 1. The van der Waals surface area contributed by atoms with Crippen molar-refractivity contribution in [1.29, 1.82) is 0 Å². The zero-order chi connectivity index (χ0) is 12.6. The van der Waals surface area contributed by atoms with Gasteiger partial charge in [0.05, 0.1) is 6.42 Å². The van der Waals surface area contributed by atoms with E-state index in [-0.39, 0.29) is 12.3 Å². The number of nitrogens with zero attached hydrogens (tertiary/aromatic N) is 1. The van der Waals surface area contributed by atoms with Gasteiger partial charge >= 0.3 is 0 Å². The summed E-state index contributed by atoms with van der Waals surface area (Å²) in [6, 6.07) is 5.75. The summed E-state index contributed by atoms with van der Waals surface area (Å²) in [6.45, 7) is 4.95. The number of primary amides is 1. The molecule has 0 unspecified atom stereocenters. The maximum Gasteiger partial charge on any atom is 0.221 e. The van der Waals surface area contributed by atoms with Gasteiger partial charge in [0.2, 0.25) is 5.91 Å². The molecule has 17 heavy (non-hydrogen) atoms. The number of hydrogen-bond donors (Lipinski definition) is 1. The van der Waals surface area contributed by atoms with Crippen LogP contribution in [0, 0.1) is 6.92 Å². The molecular weight excluding hydrogens is 236 g/mol. The van der Waals surface area contributed by atoms with Crippen molar-refractivity contribution < 1.29 is 4.79 Å². The van der Waals surface area contributed by atoms with Crippen LogP contribution in [0.5, 0.6) is 0 Å². The first-order valence-corrected chi connectivity index (χ1v) is 5.98. The van der Waals surface area contributed by atoms with Crippen molar-refractivity contribution in [2.45, 2.75) is 26.8 Å². The summed E-state index contributed by atoms with van der Waals surface area (Å²) in [5.74, 6) is -0.316. The molecule has 0 fully saturated rings. The average molecular weight is 251 g/mol. The van der Waals surface area contributed by atoms with Gasteiger partial charge in [0.1, 0.15) is 0 Å². The molecule has 2 N–H and O–H groups in total. The zero-order valence-electron chi connectivity index (χ0n) is 9.96. The molecule has 0 saturated heterocycles. The Morgan fingerprint density at radius 3 is 2.76 bits per heavy atom. The first kappa shape index (κ1) is 12.0. The molecule has 1 heterocycles. The van der Waals surface area contributed by atoms with Gasteiger partial charge in [-0.2, -0.15) is 0 Å². The maximum atomic E-state index is 11.1. The highest BCUT2D eigenvalue weighted by Crippen LogP contribution is 2.28. The number of benzene rings is 1. The number of fused-ring (bicyclic) bond motifs is 1. The lowest BCUT2D eigenvalue weighted by Gasteiger charge is -2.03. The topological polar surface area (TPSA) is 48.0 Å². The van der Waals surface area contributed by atoms with Gasteiger partial charge in [0.15, 0.2) is 0 Å². The molecule has 3 nitrogen and oxygen atoms in total. The molecule has 0 radical (unpaired) electrons. The minimum atomic E-state index is -0.316. The summed E-state index contributed by atoms with van der Waals surface area (Å²) in [4.78, 5) is 11.1. The Hall–Kier alpha value is -1.48. The molecule has 1 amide bonds. The van der Waals surface area contributed by atoms with Crippen LogP contribution in [-0.4, -0.2) is 10.5 Å². The summed E-state index contributed by atoms with van der Waals surface area (Å²) in [5, 5.41) is 1.70. The minimum Gasteiger partial charge on any atom is -0.369 e. The van der Waals surface area contributed by atoms with Gasteiger partial charge in [-0.15, -0.1) is 0 Å². The fourth-order valence-corrected chi connectivity index (χ4v) is 2.50. The van der Waals surface area contributed by atoms with Gasteiger partial charge in [-0.05, 0) is 37.6 Å². The summed E-state index contributed by atoms with van der Waals surface area (Å²) in [6.07, 6.45) is 0.260. The van der Waals surface area contributed by atoms with E-state index in [1.54, 1.807) is 0 Å². The summed E-state index contributed by atoms with van der Waals surface area (Å²) < 4.78 is 2.17. The highest BCUT2D eigenvalue weighted by Gasteiger charge is 2.14. The van der Waals surface area contributed by atoms with Crippen LogP contribution in [0.3, 0.4) is 0 Å². The molecule has 1 aromatic carbocycles. The van der Waals surface area contributed by atoms with Crippen LogP contribution in [0.4, 0.5) is 0 Å². The van der Waals surface area contributed by atoms with Crippen LogP contribution < -0.4 is 5.73 Å². The predicted molar refractivity (Wildman–Crippen MR) is 70.3 cm³/mol. The van der Waals surface area contributed by atoms with Gasteiger partial charge in [0, 0.05) is 28.2 Å². The molecule has 0 aliphatic rings. The number of carbonyl (C=O) groups is 1. The second-order valence-electron chi connectivity index (χ2n) is 4.11. The molecule has 2 rings (SSSR count). The number of nitrogens with two attached hydrogens (primary N) is 1. The van der Waals surface area contributed by atoms with Gasteiger partial charge in [-0.25, -0.2) is 0 Å². The molecule has 1 aromatic heterocycles. The van der Waals surface area contributed by atoms with Crippen LogP contribution >= 0.6 is 11.6 Å². The standard InChI is InChI=1S/C13H15ClN2O/c1-3-16-8(2)10(7-13(15)17)11-6-9(14)4-5-12(11)16/h4-6H,3,7H2,1-2H3,(H2,15,17).